The van der Waals surface area contributed by atoms with Gasteiger partial charge in [0.05, 0.1) is 17.3 Å². The number of benzene rings is 2. The van der Waals surface area contributed by atoms with Crippen LogP contribution in [-0.2, 0) is 17.8 Å². The molecule has 9 heteroatoms. The quantitative estimate of drug-likeness (QED) is 0.368. The topological polar surface area (TPSA) is 84.2 Å². The van der Waals surface area contributed by atoms with Gasteiger partial charge in [-0.15, -0.1) is 5.10 Å². The minimum Gasteiger partial charge on any atom is -0.356 e. The second-order valence-corrected chi connectivity index (χ2v) is 7.51. The average molecular weight is 425 g/mol. The second kappa shape index (κ2) is 8.19. The van der Waals surface area contributed by atoms with E-state index in [-0.39, 0.29) is 32.9 Å². The van der Waals surface area contributed by atoms with Crippen molar-refractivity contribution >= 4 is 34.8 Å². The van der Waals surface area contributed by atoms with Gasteiger partial charge in [-0.2, -0.15) is 0 Å². The summed E-state index contributed by atoms with van der Waals surface area (Å²) in [6.45, 7) is 2.70. The zero-order chi connectivity index (χ0) is 21.3. The van der Waals surface area contributed by atoms with Gasteiger partial charge in [0, 0.05) is 13.1 Å². The SMILES string of the molecule is Cc1ccc(CC(=O)NCCCn2c(=O)c3cccc(F)c3n3c(=S)[nH]nc23)cc1. The number of hydrogen-bond acceptors (Lipinski definition) is 4. The molecule has 0 radical (unpaired) electrons. The van der Waals surface area contributed by atoms with Crippen LogP contribution in [0.15, 0.2) is 47.3 Å². The van der Waals surface area contributed by atoms with Crippen LogP contribution in [0.4, 0.5) is 4.39 Å². The molecule has 2 N–H and O–H groups in total. The van der Waals surface area contributed by atoms with E-state index in [0.29, 0.717) is 25.9 Å². The number of rotatable bonds is 6. The number of H-pyrrole nitrogens is 1. The third-order valence-electron chi connectivity index (χ3n) is 4.95. The number of fused-ring (bicyclic) bond motifs is 3. The van der Waals surface area contributed by atoms with Crippen molar-refractivity contribution in [3.05, 3.63) is 74.5 Å². The standard InChI is InChI=1S/C21H20FN5O2S/c1-13-6-8-14(9-7-13)12-17(28)23-10-3-11-26-19(29)15-4-2-5-16(22)18(15)27-20(26)24-25-21(27)30/h2,4-9H,3,10-12H2,1H3,(H,23,28)(H,25,30). The number of nitrogens with one attached hydrogen (secondary N) is 2. The molecule has 7 nitrogen and oxygen atoms in total. The molecule has 0 fully saturated rings. The number of amides is 1. The first-order valence-electron chi connectivity index (χ1n) is 9.56. The van der Waals surface area contributed by atoms with Gasteiger partial charge in [-0.3, -0.25) is 18.6 Å². The smallest absolute Gasteiger partial charge is 0.262 e. The summed E-state index contributed by atoms with van der Waals surface area (Å²) in [7, 11) is 0. The molecule has 0 aliphatic carbocycles. The first kappa shape index (κ1) is 20.0. The van der Waals surface area contributed by atoms with Crippen molar-refractivity contribution in [3.8, 4) is 0 Å². The maximum absolute atomic E-state index is 14.4. The highest BCUT2D eigenvalue weighted by Gasteiger charge is 2.16. The minimum atomic E-state index is -0.539. The second-order valence-electron chi connectivity index (χ2n) is 7.12. The zero-order valence-electron chi connectivity index (χ0n) is 16.3. The Morgan fingerprint density at radius 3 is 2.77 bits per heavy atom. The van der Waals surface area contributed by atoms with E-state index in [1.165, 1.54) is 21.1 Å². The van der Waals surface area contributed by atoms with Gasteiger partial charge in [0.1, 0.15) is 5.82 Å². The number of aromatic amines is 1. The van der Waals surface area contributed by atoms with Crippen molar-refractivity contribution < 1.29 is 9.18 Å². The molecule has 2 aromatic carbocycles. The molecule has 154 valence electrons. The number of aryl methyl sites for hydroxylation is 2. The fraction of sp³-hybridized carbons (Fsp3) is 0.238. The van der Waals surface area contributed by atoms with Crippen LogP contribution in [0.2, 0.25) is 0 Å². The van der Waals surface area contributed by atoms with Crippen molar-refractivity contribution in [1.29, 1.82) is 0 Å². The van der Waals surface area contributed by atoms with Gasteiger partial charge in [-0.1, -0.05) is 35.9 Å². The van der Waals surface area contributed by atoms with Crippen molar-refractivity contribution in [2.45, 2.75) is 26.3 Å². The summed E-state index contributed by atoms with van der Waals surface area (Å²) in [5, 5.41) is 9.82. The maximum atomic E-state index is 14.4. The molecular formula is C21H20FN5O2S. The molecule has 4 aromatic rings. The molecule has 2 heterocycles. The lowest BCUT2D eigenvalue weighted by atomic mass is 10.1. The van der Waals surface area contributed by atoms with Crippen LogP contribution in [0, 0.1) is 17.5 Å². The Labute approximate surface area is 176 Å². The predicted molar refractivity (Wildman–Crippen MR) is 115 cm³/mol. The molecule has 0 unspecified atom stereocenters. The first-order chi connectivity index (χ1) is 14.5. The number of hydrogen-bond donors (Lipinski definition) is 2. The number of halogens is 1. The van der Waals surface area contributed by atoms with E-state index < -0.39 is 5.82 Å². The summed E-state index contributed by atoms with van der Waals surface area (Å²) in [4.78, 5) is 25.1. The highest BCUT2D eigenvalue weighted by Crippen LogP contribution is 2.16. The van der Waals surface area contributed by atoms with Crippen LogP contribution in [0.5, 0.6) is 0 Å². The summed E-state index contributed by atoms with van der Waals surface area (Å²) in [5.41, 5.74) is 1.85. The van der Waals surface area contributed by atoms with E-state index in [0.717, 1.165) is 11.1 Å². The lowest BCUT2D eigenvalue weighted by molar-refractivity contribution is -0.120. The van der Waals surface area contributed by atoms with E-state index >= 15 is 0 Å². The van der Waals surface area contributed by atoms with Crippen molar-refractivity contribution in [1.82, 2.24) is 24.5 Å². The fourth-order valence-electron chi connectivity index (χ4n) is 3.44. The highest BCUT2D eigenvalue weighted by molar-refractivity contribution is 7.71. The molecule has 4 rings (SSSR count). The Kier molecular flexibility index (Phi) is 5.45. The van der Waals surface area contributed by atoms with E-state index in [2.05, 4.69) is 15.5 Å². The van der Waals surface area contributed by atoms with E-state index in [4.69, 9.17) is 12.2 Å². The molecule has 0 aliphatic heterocycles. The molecule has 2 aromatic heterocycles. The number of para-hydroxylation sites is 1. The lowest BCUT2D eigenvalue weighted by Crippen LogP contribution is -2.29. The van der Waals surface area contributed by atoms with Gasteiger partial charge in [0.2, 0.25) is 16.5 Å². The van der Waals surface area contributed by atoms with Gasteiger partial charge in [0.15, 0.2) is 0 Å². The summed E-state index contributed by atoms with van der Waals surface area (Å²) >= 11 is 5.22. The largest absolute Gasteiger partial charge is 0.356 e. The van der Waals surface area contributed by atoms with Crippen LogP contribution in [0.25, 0.3) is 16.7 Å². The highest BCUT2D eigenvalue weighted by atomic mass is 32.1. The Hall–Kier alpha value is -3.33. The normalized spacial score (nSPS) is 11.3. The lowest BCUT2D eigenvalue weighted by Gasteiger charge is -2.11. The van der Waals surface area contributed by atoms with Crippen LogP contribution < -0.4 is 10.9 Å². The summed E-state index contributed by atoms with van der Waals surface area (Å²) in [6.07, 6.45) is 0.809. The summed E-state index contributed by atoms with van der Waals surface area (Å²) in [5.74, 6) is -0.380. The van der Waals surface area contributed by atoms with Gasteiger partial charge < -0.3 is 5.32 Å². The number of carbonyl (C=O) groups excluding carboxylic acids is 1. The van der Waals surface area contributed by atoms with Crippen molar-refractivity contribution in [2.24, 2.45) is 0 Å². The molecule has 0 aliphatic rings. The van der Waals surface area contributed by atoms with E-state index in [1.807, 2.05) is 31.2 Å². The monoisotopic (exact) mass is 425 g/mol. The van der Waals surface area contributed by atoms with E-state index in [9.17, 15) is 14.0 Å². The molecule has 0 bridgehead atoms. The Morgan fingerprint density at radius 1 is 1.23 bits per heavy atom. The molecule has 0 saturated heterocycles. The number of carbonyl (C=O) groups is 1. The third-order valence-corrected chi connectivity index (χ3v) is 5.22. The van der Waals surface area contributed by atoms with Gasteiger partial charge in [-0.05, 0) is 43.3 Å². The molecule has 1 amide bonds. The molecule has 0 atom stereocenters. The van der Waals surface area contributed by atoms with Crippen LogP contribution in [0.3, 0.4) is 0 Å². The fourth-order valence-corrected chi connectivity index (χ4v) is 3.66. The summed E-state index contributed by atoms with van der Waals surface area (Å²) < 4.78 is 17.5. The molecular weight excluding hydrogens is 405 g/mol. The minimum absolute atomic E-state index is 0.0843. The number of aromatic nitrogens is 4. The molecule has 0 saturated carbocycles. The van der Waals surface area contributed by atoms with Gasteiger partial charge in [-0.25, -0.2) is 9.49 Å². The maximum Gasteiger partial charge on any atom is 0.262 e. The molecule has 30 heavy (non-hydrogen) atoms. The van der Waals surface area contributed by atoms with Crippen molar-refractivity contribution in [3.63, 3.8) is 0 Å². The molecule has 0 spiro atoms. The van der Waals surface area contributed by atoms with E-state index in [1.54, 1.807) is 6.07 Å². The predicted octanol–water partition coefficient (Wildman–Crippen LogP) is 2.90. The summed E-state index contributed by atoms with van der Waals surface area (Å²) in [6, 6.07) is 12.1. The van der Waals surface area contributed by atoms with Crippen molar-refractivity contribution in [2.75, 3.05) is 6.54 Å². The first-order valence-corrected chi connectivity index (χ1v) is 9.97. The average Bonchev–Trinajstić information content (AvgIpc) is 3.10. The Morgan fingerprint density at radius 2 is 2.00 bits per heavy atom. The third kappa shape index (κ3) is 3.76. The van der Waals surface area contributed by atoms with Crippen LogP contribution in [0.1, 0.15) is 17.5 Å². The zero-order valence-corrected chi connectivity index (χ0v) is 17.1. The number of nitrogens with zero attached hydrogens (tertiary/aromatic N) is 3. The van der Waals surface area contributed by atoms with Crippen LogP contribution in [-0.4, -0.2) is 31.6 Å². The van der Waals surface area contributed by atoms with Gasteiger partial charge in [0.25, 0.3) is 5.56 Å². The van der Waals surface area contributed by atoms with Crippen LogP contribution >= 0.6 is 12.2 Å². The van der Waals surface area contributed by atoms with Gasteiger partial charge >= 0.3 is 0 Å². The Balaban J connectivity index is 1.50. The Bertz CT molecular complexity index is 1350.